The molecule has 5 nitrogen and oxygen atoms in total. The van der Waals surface area contributed by atoms with E-state index in [1.807, 2.05) is 10.7 Å². The van der Waals surface area contributed by atoms with Crippen molar-refractivity contribution in [3.8, 4) is 5.69 Å². The van der Waals surface area contributed by atoms with Crippen LogP contribution in [0.1, 0.15) is 54.5 Å². The summed E-state index contributed by atoms with van der Waals surface area (Å²) < 4.78 is 31.7. The molecule has 4 aromatic rings. The van der Waals surface area contributed by atoms with E-state index < -0.39 is 11.6 Å². The van der Waals surface area contributed by atoms with E-state index >= 15 is 0 Å². The molecule has 6 rings (SSSR count). The number of hydrogen-bond donors (Lipinski definition) is 0. The lowest BCUT2D eigenvalue weighted by Crippen LogP contribution is -2.06. The maximum absolute atomic E-state index is 14.4. The highest BCUT2D eigenvalue weighted by atomic mass is 19.1. The summed E-state index contributed by atoms with van der Waals surface area (Å²) in [5.41, 5.74) is 5.32. The van der Waals surface area contributed by atoms with Crippen molar-refractivity contribution in [3.63, 3.8) is 0 Å². The molecule has 29 heavy (non-hydrogen) atoms. The zero-order valence-corrected chi connectivity index (χ0v) is 15.7. The molecule has 0 aliphatic heterocycles. The number of nitrogens with zero attached hydrogens (tertiary/aromatic N) is 5. The number of hydrogen-bond acceptors (Lipinski definition) is 3. The number of halogens is 2. The Bertz CT molecular complexity index is 1230. The summed E-state index contributed by atoms with van der Waals surface area (Å²) in [5, 5.41) is 13.0. The maximum atomic E-state index is 14.4. The summed E-state index contributed by atoms with van der Waals surface area (Å²) in [5.74, 6) is -0.590. The van der Waals surface area contributed by atoms with Crippen molar-refractivity contribution in [1.29, 1.82) is 0 Å². The van der Waals surface area contributed by atoms with E-state index in [0.717, 1.165) is 65.7 Å². The summed E-state index contributed by atoms with van der Waals surface area (Å²) in [7, 11) is 0. The van der Waals surface area contributed by atoms with Crippen LogP contribution in [-0.4, -0.2) is 24.8 Å². The SMILES string of the molecule is Fc1ccc(F)c(-n2ncc(Cc3ccc4nnn(C5CC5)c4c3)c2C2CC2)c1. The van der Waals surface area contributed by atoms with Crippen LogP contribution in [0.5, 0.6) is 0 Å². The molecule has 0 bridgehead atoms. The fourth-order valence-corrected chi connectivity index (χ4v) is 4.06. The number of aromatic nitrogens is 5. The van der Waals surface area contributed by atoms with E-state index in [-0.39, 0.29) is 5.69 Å². The second-order valence-electron chi connectivity index (χ2n) is 8.10. The van der Waals surface area contributed by atoms with Gasteiger partial charge < -0.3 is 0 Å². The van der Waals surface area contributed by atoms with E-state index in [4.69, 9.17) is 0 Å². The van der Waals surface area contributed by atoms with Crippen molar-refractivity contribution in [2.75, 3.05) is 0 Å². The summed E-state index contributed by atoms with van der Waals surface area (Å²) in [6.07, 6.45) is 6.88. The van der Waals surface area contributed by atoms with Crippen molar-refractivity contribution in [2.24, 2.45) is 0 Å². The second kappa shape index (κ2) is 6.20. The predicted molar refractivity (Wildman–Crippen MR) is 104 cm³/mol. The molecule has 0 spiro atoms. The van der Waals surface area contributed by atoms with Gasteiger partial charge in [0.1, 0.15) is 22.8 Å². The van der Waals surface area contributed by atoms with E-state index in [1.54, 1.807) is 10.9 Å². The molecular formula is C22H19F2N5. The summed E-state index contributed by atoms with van der Waals surface area (Å²) in [6.45, 7) is 0. The molecule has 2 aliphatic carbocycles. The topological polar surface area (TPSA) is 48.5 Å². The third kappa shape index (κ3) is 2.92. The molecular weight excluding hydrogens is 372 g/mol. The number of benzene rings is 2. The Labute approximate surface area is 166 Å². The fraction of sp³-hybridized carbons (Fsp3) is 0.318. The summed E-state index contributed by atoms with van der Waals surface area (Å²) >= 11 is 0. The van der Waals surface area contributed by atoms with Crippen LogP contribution in [-0.2, 0) is 6.42 Å². The van der Waals surface area contributed by atoms with Gasteiger partial charge in [-0.15, -0.1) is 5.10 Å². The number of rotatable bonds is 5. The molecule has 0 atom stereocenters. The van der Waals surface area contributed by atoms with Crippen molar-refractivity contribution in [2.45, 2.75) is 44.1 Å². The third-order valence-corrected chi connectivity index (χ3v) is 5.81. The summed E-state index contributed by atoms with van der Waals surface area (Å²) in [6, 6.07) is 10.2. The van der Waals surface area contributed by atoms with Gasteiger partial charge in [-0.05, 0) is 61.1 Å². The lowest BCUT2D eigenvalue weighted by atomic mass is 10.0. The molecule has 2 heterocycles. The highest BCUT2D eigenvalue weighted by Gasteiger charge is 2.31. The van der Waals surface area contributed by atoms with Gasteiger partial charge in [0.25, 0.3) is 0 Å². The highest BCUT2D eigenvalue weighted by Crippen LogP contribution is 2.43. The Morgan fingerprint density at radius 1 is 1.00 bits per heavy atom. The van der Waals surface area contributed by atoms with Crippen LogP contribution in [0.2, 0.25) is 0 Å². The molecule has 0 N–H and O–H groups in total. The molecule has 0 saturated heterocycles. The average Bonchev–Trinajstić information content (AvgIpc) is 3.65. The van der Waals surface area contributed by atoms with Crippen molar-refractivity contribution in [1.82, 2.24) is 24.8 Å². The Morgan fingerprint density at radius 2 is 1.86 bits per heavy atom. The molecule has 146 valence electrons. The van der Waals surface area contributed by atoms with Gasteiger partial charge in [-0.25, -0.2) is 18.1 Å². The molecule has 0 radical (unpaired) electrons. The van der Waals surface area contributed by atoms with Crippen LogP contribution >= 0.6 is 0 Å². The molecule has 7 heteroatoms. The first-order chi connectivity index (χ1) is 14.2. The first kappa shape index (κ1) is 16.8. The minimum Gasteiger partial charge on any atom is -0.242 e. The van der Waals surface area contributed by atoms with Gasteiger partial charge >= 0.3 is 0 Å². The maximum Gasteiger partial charge on any atom is 0.149 e. The zero-order valence-electron chi connectivity index (χ0n) is 15.7. The van der Waals surface area contributed by atoms with Crippen LogP contribution < -0.4 is 0 Å². The lowest BCUT2D eigenvalue weighted by molar-refractivity contribution is 0.583. The molecule has 2 aromatic carbocycles. The van der Waals surface area contributed by atoms with Crippen LogP contribution in [0.3, 0.4) is 0 Å². The Morgan fingerprint density at radius 3 is 2.66 bits per heavy atom. The zero-order chi connectivity index (χ0) is 19.5. The van der Waals surface area contributed by atoms with E-state index in [0.29, 0.717) is 18.4 Å². The van der Waals surface area contributed by atoms with Gasteiger partial charge in [0, 0.05) is 18.4 Å². The molecule has 2 saturated carbocycles. The van der Waals surface area contributed by atoms with Crippen LogP contribution in [0.15, 0.2) is 42.6 Å². The molecule has 2 fully saturated rings. The predicted octanol–water partition coefficient (Wildman–Crippen LogP) is 4.70. The van der Waals surface area contributed by atoms with Crippen LogP contribution in [0, 0.1) is 11.6 Å². The molecule has 0 unspecified atom stereocenters. The smallest absolute Gasteiger partial charge is 0.149 e. The number of fused-ring (bicyclic) bond motifs is 1. The lowest BCUT2D eigenvalue weighted by Gasteiger charge is -2.10. The Kier molecular flexibility index (Phi) is 3.60. The van der Waals surface area contributed by atoms with Gasteiger partial charge in [-0.1, -0.05) is 11.3 Å². The first-order valence-corrected chi connectivity index (χ1v) is 10.0. The van der Waals surface area contributed by atoms with Crippen molar-refractivity contribution in [3.05, 3.63) is 71.1 Å². The molecule has 2 aromatic heterocycles. The van der Waals surface area contributed by atoms with Gasteiger partial charge in [-0.2, -0.15) is 5.10 Å². The van der Waals surface area contributed by atoms with Crippen LogP contribution in [0.4, 0.5) is 8.78 Å². The van der Waals surface area contributed by atoms with E-state index in [2.05, 4.69) is 27.5 Å². The van der Waals surface area contributed by atoms with Crippen LogP contribution in [0.25, 0.3) is 16.7 Å². The molecule has 2 aliphatic rings. The minimum atomic E-state index is -0.469. The van der Waals surface area contributed by atoms with Gasteiger partial charge in [0.05, 0.1) is 23.4 Å². The average molecular weight is 391 g/mol. The normalized spacial score (nSPS) is 16.6. The monoisotopic (exact) mass is 391 g/mol. The van der Waals surface area contributed by atoms with Gasteiger partial charge in [0.2, 0.25) is 0 Å². The van der Waals surface area contributed by atoms with E-state index in [1.165, 1.54) is 6.07 Å². The standard InChI is InChI=1S/C22H19F2N5/c23-16-4-7-18(24)20(11-16)29-22(14-2-3-14)15(12-25-29)9-13-1-8-19-21(10-13)28(27-26-19)17-5-6-17/h1,4,7-8,10-12,14,17H,2-3,5-6,9H2. The van der Waals surface area contributed by atoms with Gasteiger partial charge in [0.15, 0.2) is 0 Å². The quantitative estimate of drug-likeness (QED) is 0.496. The highest BCUT2D eigenvalue weighted by molar-refractivity contribution is 5.75. The Hall–Kier alpha value is -3.09. The fourth-order valence-electron chi connectivity index (χ4n) is 4.06. The molecule has 0 amide bonds. The second-order valence-corrected chi connectivity index (χ2v) is 8.10. The first-order valence-electron chi connectivity index (χ1n) is 10.0. The van der Waals surface area contributed by atoms with Crippen molar-refractivity contribution >= 4 is 11.0 Å². The van der Waals surface area contributed by atoms with Crippen molar-refractivity contribution < 1.29 is 8.78 Å². The van der Waals surface area contributed by atoms with Gasteiger partial charge in [-0.3, -0.25) is 0 Å². The van der Waals surface area contributed by atoms with E-state index in [9.17, 15) is 8.78 Å². The minimum absolute atomic E-state index is 0.171. The largest absolute Gasteiger partial charge is 0.242 e. The Balaban J connectivity index is 1.40. The summed E-state index contributed by atoms with van der Waals surface area (Å²) in [4.78, 5) is 0. The third-order valence-electron chi connectivity index (χ3n) is 5.81.